The predicted molar refractivity (Wildman–Crippen MR) is 547 cm³/mol. The van der Waals surface area contributed by atoms with Gasteiger partial charge in [0.15, 0.2) is 0 Å². The molecule has 0 aliphatic carbocycles. The molecule has 6 nitrogen and oxygen atoms in total. The molecule has 0 radical (unpaired) electrons. The largest absolute Gasteiger partial charge is 0.309 e. The number of benzene rings is 22. The van der Waals surface area contributed by atoms with Gasteiger partial charge in [0.2, 0.25) is 0 Å². The van der Waals surface area contributed by atoms with Crippen LogP contribution in [-0.2, 0) is 0 Å². The Morgan fingerprint density at radius 1 is 0.138 bits per heavy atom. The molecule has 0 amide bonds. The minimum Gasteiger partial charge on any atom is -0.309 e. The van der Waals surface area contributed by atoms with Crippen molar-refractivity contribution >= 4 is 130 Å². The fourth-order valence-electron chi connectivity index (χ4n) is 20.2. The summed E-state index contributed by atoms with van der Waals surface area (Å²) in [5.74, 6) is 0. The van der Waals surface area contributed by atoms with E-state index in [9.17, 15) is 0 Å². The first kappa shape index (κ1) is 75.2. The van der Waals surface area contributed by atoms with Gasteiger partial charge in [0.25, 0.3) is 0 Å². The van der Waals surface area contributed by atoms with E-state index in [1.54, 1.807) is 0 Å². The van der Waals surface area contributed by atoms with Crippen molar-refractivity contribution < 1.29 is 0 Å². The van der Waals surface area contributed by atoms with Crippen molar-refractivity contribution in [3.8, 4) is 123 Å². The number of rotatable bonds is 12. The van der Waals surface area contributed by atoms with E-state index in [-0.39, 0.29) is 0 Å². The number of aromatic nitrogens is 6. The molecule has 0 fully saturated rings. The van der Waals surface area contributed by atoms with Crippen molar-refractivity contribution in [2.75, 3.05) is 0 Å². The molecule has 26 rings (SSSR count). The van der Waals surface area contributed by atoms with Crippen LogP contribution in [0.2, 0.25) is 0 Å². The minimum absolute atomic E-state index is 0.855. The summed E-state index contributed by atoms with van der Waals surface area (Å²) in [5, 5.41) is 19.4. The van der Waals surface area contributed by atoms with E-state index in [2.05, 4.69) is 458 Å². The number of hydrogen-bond acceptors (Lipinski definition) is 4. The molecule has 0 saturated carbocycles. The van der Waals surface area contributed by atoms with Crippen molar-refractivity contribution in [2.24, 2.45) is 0 Å². The Labute approximate surface area is 750 Å². The van der Waals surface area contributed by atoms with Crippen LogP contribution in [0.25, 0.3) is 253 Å². The van der Waals surface area contributed by atoms with E-state index in [0.717, 1.165) is 117 Å². The second kappa shape index (κ2) is 31.4. The van der Waals surface area contributed by atoms with Gasteiger partial charge in [0.1, 0.15) is 0 Å². The van der Waals surface area contributed by atoms with Gasteiger partial charge in [-0.15, -0.1) is 0 Å². The molecule has 0 aliphatic heterocycles. The molecule has 0 atom stereocenters. The quantitative estimate of drug-likeness (QED) is 0.122. The first-order valence-electron chi connectivity index (χ1n) is 44.5. The molecule has 4 aromatic heterocycles. The van der Waals surface area contributed by atoms with Gasteiger partial charge in [-0.2, -0.15) is 0 Å². The zero-order valence-corrected chi connectivity index (χ0v) is 70.7. The molecule has 0 spiro atoms. The highest BCUT2D eigenvalue weighted by Crippen LogP contribution is 2.49. The van der Waals surface area contributed by atoms with Gasteiger partial charge >= 0.3 is 0 Å². The Hall–Kier alpha value is -17.3. The first-order chi connectivity index (χ1) is 64.5. The van der Waals surface area contributed by atoms with E-state index in [0.29, 0.717) is 0 Å². The Morgan fingerprint density at radius 3 is 0.831 bits per heavy atom. The van der Waals surface area contributed by atoms with Crippen molar-refractivity contribution in [3.63, 3.8) is 0 Å². The van der Waals surface area contributed by atoms with Crippen LogP contribution in [0.5, 0.6) is 0 Å². The number of para-hydroxylation sites is 4. The summed E-state index contributed by atoms with van der Waals surface area (Å²) in [5.41, 5.74) is 32.2. The first-order valence-corrected chi connectivity index (χ1v) is 44.5. The summed E-state index contributed by atoms with van der Waals surface area (Å²) in [4.78, 5) is 21.6. The molecule has 130 heavy (non-hydrogen) atoms. The van der Waals surface area contributed by atoms with Crippen LogP contribution in [-0.4, -0.2) is 29.1 Å². The molecule has 0 unspecified atom stereocenters. The van der Waals surface area contributed by atoms with Gasteiger partial charge < -0.3 is 9.13 Å². The lowest BCUT2D eigenvalue weighted by atomic mass is 9.95. The van der Waals surface area contributed by atoms with E-state index < -0.39 is 0 Å². The maximum absolute atomic E-state index is 5.44. The molecule has 4 heterocycles. The van der Waals surface area contributed by atoms with E-state index >= 15 is 0 Å². The van der Waals surface area contributed by atoms with Crippen molar-refractivity contribution in [1.82, 2.24) is 29.1 Å². The van der Waals surface area contributed by atoms with Gasteiger partial charge in [-0.25, -0.2) is 19.9 Å². The van der Waals surface area contributed by atoms with Gasteiger partial charge in [0, 0.05) is 54.6 Å². The van der Waals surface area contributed by atoms with Gasteiger partial charge in [0.05, 0.1) is 78.3 Å². The second-order valence-corrected chi connectivity index (χ2v) is 33.8. The fraction of sp³-hybridized carbons (Fsp3) is 0. The maximum atomic E-state index is 5.44. The highest BCUT2D eigenvalue weighted by atomic mass is 15.0. The van der Waals surface area contributed by atoms with E-state index in [1.807, 2.05) is 24.3 Å². The third kappa shape index (κ3) is 12.9. The summed E-state index contributed by atoms with van der Waals surface area (Å²) >= 11 is 0. The molecule has 0 N–H and O–H groups in total. The molecule has 604 valence electrons. The van der Waals surface area contributed by atoms with E-state index in [4.69, 9.17) is 19.9 Å². The lowest BCUT2D eigenvalue weighted by molar-refractivity contribution is 1.20. The second-order valence-electron chi connectivity index (χ2n) is 33.8. The Morgan fingerprint density at radius 2 is 0.400 bits per heavy atom. The SMILES string of the molecule is c1ccc(-c2ccc(-c3cccc(-c4nc5ccccc5nc4-c4ccc(-n5c6ccc7ccccc7c6c6c7cc(-c8ccccc8)ccc7ccc65)c5ccccc45)c3)cc2)cc1.c1ccc(-c2cccc(-c3ccc4c(ccc5c4c4c6ccccc6ccc4n5-c4ccc(-c5nc6ccccc6nc5-c5cccc(-c6ccccc6)c5)c5ccccc45)c3)c2)cc1. The number of nitrogens with zero attached hydrogens (tertiary/aromatic N) is 6. The van der Waals surface area contributed by atoms with Crippen molar-refractivity contribution in [3.05, 3.63) is 473 Å². The van der Waals surface area contributed by atoms with Crippen LogP contribution in [0, 0.1) is 0 Å². The van der Waals surface area contributed by atoms with E-state index in [1.165, 1.54) is 137 Å². The lowest BCUT2D eigenvalue weighted by Gasteiger charge is -2.17. The normalized spacial score (nSPS) is 11.7. The lowest BCUT2D eigenvalue weighted by Crippen LogP contribution is -1.99. The third-order valence-electron chi connectivity index (χ3n) is 26.3. The average molecular weight is 1650 g/mol. The molecular weight excluding hydrogens is 1570 g/mol. The highest BCUT2D eigenvalue weighted by Gasteiger charge is 2.26. The Balaban J connectivity index is 0.000000140. The molecule has 0 aliphatic rings. The molecule has 0 bridgehead atoms. The molecule has 26 aromatic rings. The van der Waals surface area contributed by atoms with Gasteiger partial charge in [-0.05, 0) is 224 Å². The minimum atomic E-state index is 0.855. The summed E-state index contributed by atoms with van der Waals surface area (Å²) in [6.07, 6.45) is 0. The van der Waals surface area contributed by atoms with Crippen LogP contribution in [0.3, 0.4) is 0 Å². The van der Waals surface area contributed by atoms with Crippen molar-refractivity contribution in [1.29, 1.82) is 0 Å². The average Bonchev–Trinajstić information content (AvgIpc) is 1.55. The highest BCUT2D eigenvalue weighted by molar-refractivity contribution is 6.31. The van der Waals surface area contributed by atoms with Crippen LogP contribution in [0.1, 0.15) is 0 Å². The van der Waals surface area contributed by atoms with Crippen LogP contribution in [0.15, 0.2) is 473 Å². The monoisotopic (exact) mass is 1650 g/mol. The summed E-state index contributed by atoms with van der Waals surface area (Å²) in [6.45, 7) is 0. The summed E-state index contributed by atoms with van der Waals surface area (Å²) in [7, 11) is 0. The Kier molecular flexibility index (Phi) is 18.2. The van der Waals surface area contributed by atoms with Crippen molar-refractivity contribution in [2.45, 2.75) is 0 Å². The summed E-state index contributed by atoms with van der Waals surface area (Å²) < 4.78 is 4.97. The maximum Gasteiger partial charge on any atom is 0.0979 e. The Bertz CT molecular complexity index is 9030. The standard InChI is InChI=1S/2C62H39N3/c1-3-15-40(16-4-1)43-20-13-22-45(37-43)46-29-32-50-47(38-46)31-35-58-60(50)59-49-24-8-7-19-42(49)30-34-57(59)65(58)56-36-33-53(51-25-9-10-26-52(51)56)62-61(63-54-27-11-12-28-55(54)64-62)48-23-14-21-44(39-48)41-17-5-2-6-18-41;1-3-14-40(15-4-1)42-26-28-43(29-27-42)46-19-13-20-48(38-46)61-62(64-55-25-12-11-24-54(55)63-61)52-34-37-56(51-23-10-9-22-50(51)52)65-57-35-32-44-18-7-8-21-49(44)59(57)60-53-39-47(41-16-5-2-6-17-41)31-30-45(53)33-36-58(60)65/h2*1-39H. The summed E-state index contributed by atoms with van der Waals surface area (Å²) in [6, 6.07) is 170. The zero-order chi connectivity index (χ0) is 85.7. The number of fused-ring (bicyclic) bond motifs is 18. The van der Waals surface area contributed by atoms with Crippen LogP contribution >= 0.6 is 0 Å². The van der Waals surface area contributed by atoms with Crippen LogP contribution < -0.4 is 0 Å². The molecular formula is C124H78N6. The number of hydrogen-bond donors (Lipinski definition) is 0. The topological polar surface area (TPSA) is 61.4 Å². The smallest absolute Gasteiger partial charge is 0.0979 e. The third-order valence-corrected chi connectivity index (χ3v) is 26.3. The predicted octanol–water partition coefficient (Wildman–Crippen LogP) is 33.0. The fourth-order valence-corrected chi connectivity index (χ4v) is 20.2. The molecule has 6 heteroatoms. The van der Waals surface area contributed by atoms with Gasteiger partial charge in [-0.1, -0.05) is 370 Å². The van der Waals surface area contributed by atoms with Gasteiger partial charge in [-0.3, -0.25) is 0 Å². The molecule has 22 aromatic carbocycles. The molecule has 0 saturated heterocycles. The van der Waals surface area contributed by atoms with Crippen LogP contribution in [0.4, 0.5) is 0 Å². The zero-order valence-electron chi connectivity index (χ0n) is 70.7.